The summed E-state index contributed by atoms with van der Waals surface area (Å²) in [6.07, 6.45) is 5.77. The third-order valence-electron chi connectivity index (χ3n) is 5.24. The van der Waals surface area contributed by atoms with E-state index in [2.05, 4.69) is 35.9 Å². The lowest BCUT2D eigenvalue weighted by molar-refractivity contribution is 0.102. The van der Waals surface area contributed by atoms with Gasteiger partial charge in [0.1, 0.15) is 0 Å². The first-order valence-electron chi connectivity index (χ1n) is 8.92. The van der Waals surface area contributed by atoms with Gasteiger partial charge in [-0.3, -0.25) is 0 Å². The summed E-state index contributed by atoms with van der Waals surface area (Å²) in [5.41, 5.74) is 0. The molecule has 0 spiro atoms. The molecule has 122 valence electrons. The van der Waals surface area contributed by atoms with Gasteiger partial charge < -0.3 is 15.1 Å². The molecule has 2 aliphatic heterocycles. The van der Waals surface area contributed by atoms with Crippen molar-refractivity contribution in [3.63, 3.8) is 0 Å². The Kier molecular flexibility index (Phi) is 6.34. The molecule has 2 atom stereocenters. The molecule has 2 heterocycles. The highest BCUT2D eigenvalue weighted by atomic mass is 16.2. The van der Waals surface area contributed by atoms with Crippen LogP contribution in [0.5, 0.6) is 0 Å². The number of nitrogens with zero attached hydrogens (tertiary/aromatic N) is 2. The maximum absolute atomic E-state index is 12.7. The standard InChI is InChI=1S/C17H33N3O/c1-4-9-18-16-8-12-20(13-15(16)5-2)17(21)19-10-6-14(3)7-11-19/h14-16,18H,4-13H2,1-3H3. The smallest absolute Gasteiger partial charge is 0.320 e. The first kappa shape index (κ1) is 16.6. The fourth-order valence-corrected chi connectivity index (χ4v) is 3.62. The highest BCUT2D eigenvalue weighted by molar-refractivity contribution is 5.74. The van der Waals surface area contributed by atoms with Gasteiger partial charge in [-0.05, 0) is 44.1 Å². The summed E-state index contributed by atoms with van der Waals surface area (Å²) in [5, 5.41) is 3.67. The summed E-state index contributed by atoms with van der Waals surface area (Å²) in [7, 11) is 0. The van der Waals surface area contributed by atoms with Crippen LogP contribution in [-0.2, 0) is 0 Å². The van der Waals surface area contributed by atoms with Crippen molar-refractivity contribution in [1.82, 2.24) is 15.1 Å². The van der Waals surface area contributed by atoms with Crippen LogP contribution < -0.4 is 5.32 Å². The lowest BCUT2D eigenvalue weighted by Gasteiger charge is -2.42. The van der Waals surface area contributed by atoms with Gasteiger partial charge in [-0.1, -0.05) is 27.2 Å². The van der Waals surface area contributed by atoms with Gasteiger partial charge in [-0.25, -0.2) is 4.79 Å². The average Bonchev–Trinajstić information content (AvgIpc) is 2.52. The van der Waals surface area contributed by atoms with Crippen LogP contribution in [0.15, 0.2) is 0 Å². The number of nitrogens with one attached hydrogen (secondary N) is 1. The molecule has 2 amide bonds. The molecule has 2 saturated heterocycles. The van der Waals surface area contributed by atoms with Crippen LogP contribution in [0.3, 0.4) is 0 Å². The van der Waals surface area contributed by atoms with Crippen molar-refractivity contribution in [1.29, 1.82) is 0 Å². The third-order valence-corrected chi connectivity index (χ3v) is 5.24. The number of hydrogen-bond acceptors (Lipinski definition) is 2. The number of carbonyl (C=O) groups is 1. The summed E-state index contributed by atoms with van der Waals surface area (Å²) in [4.78, 5) is 16.9. The topological polar surface area (TPSA) is 35.6 Å². The van der Waals surface area contributed by atoms with Crippen molar-refractivity contribution in [2.75, 3.05) is 32.7 Å². The molecule has 0 radical (unpaired) electrons. The lowest BCUT2D eigenvalue weighted by atomic mass is 9.90. The minimum absolute atomic E-state index is 0.286. The van der Waals surface area contributed by atoms with E-state index in [1.54, 1.807) is 0 Å². The molecule has 1 N–H and O–H groups in total. The van der Waals surface area contributed by atoms with Crippen molar-refractivity contribution in [3.8, 4) is 0 Å². The highest BCUT2D eigenvalue weighted by Crippen LogP contribution is 2.23. The number of urea groups is 1. The maximum atomic E-state index is 12.7. The van der Waals surface area contributed by atoms with Crippen LogP contribution in [0, 0.1) is 11.8 Å². The third kappa shape index (κ3) is 4.35. The van der Waals surface area contributed by atoms with E-state index in [0.717, 1.165) is 64.3 Å². The molecule has 0 aliphatic carbocycles. The van der Waals surface area contributed by atoms with Crippen LogP contribution in [0.25, 0.3) is 0 Å². The second-order valence-electron chi connectivity index (χ2n) is 6.92. The summed E-state index contributed by atoms with van der Waals surface area (Å²) >= 11 is 0. The predicted molar refractivity (Wildman–Crippen MR) is 87.4 cm³/mol. The minimum atomic E-state index is 0.286. The van der Waals surface area contributed by atoms with Crippen LogP contribution in [0.4, 0.5) is 4.79 Å². The van der Waals surface area contributed by atoms with E-state index in [1.165, 1.54) is 6.42 Å². The number of piperidine rings is 2. The number of hydrogen-bond donors (Lipinski definition) is 1. The quantitative estimate of drug-likeness (QED) is 0.865. The van der Waals surface area contributed by atoms with E-state index < -0.39 is 0 Å². The predicted octanol–water partition coefficient (Wildman–Crippen LogP) is 2.94. The molecule has 0 saturated carbocycles. The van der Waals surface area contributed by atoms with Gasteiger partial charge >= 0.3 is 6.03 Å². The number of amides is 2. The summed E-state index contributed by atoms with van der Waals surface area (Å²) in [6.45, 7) is 11.6. The first-order chi connectivity index (χ1) is 10.2. The summed E-state index contributed by atoms with van der Waals surface area (Å²) < 4.78 is 0. The van der Waals surface area contributed by atoms with Gasteiger partial charge in [0, 0.05) is 32.2 Å². The second-order valence-corrected chi connectivity index (χ2v) is 6.92. The molecule has 2 aliphatic rings. The second kappa shape index (κ2) is 8.02. The zero-order chi connectivity index (χ0) is 15.2. The SMILES string of the molecule is CCCNC1CCN(C(=O)N2CCC(C)CC2)CC1CC. The Morgan fingerprint density at radius 3 is 2.38 bits per heavy atom. The first-order valence-corrected chi connectivity index (χ1v) is 8.92. The van der Waals surface area contributed by atoms with Gasteiger partial charge in [0.15, 0.2) is 0 Å². The number of rotatable bonds is 4. The number of carbonyl (C=O) groups excluding carboxylic acids is 1. The van der Waals surface area contributed by atoms with Crippen LogP contribution in [0.2, 0.25) is 0 Å². The van der Waals surface area contributed by atoms with Gasteiger partial charge in [0.25, 0.3) is 0 Å². The van der Waals surface area contributed by atoms with Crippen molar-refractivity contribution < 1.29 is 4.79 Å². The van der Waals surface area contributed by atoms with E-state index in [9.17, 15) is 4.79 Å². The molecular weight excluding hydrogens is 262 g/mol. The molecule has 4 heteroatoms. The summed E-state index contributed by atoms with van der Waals surface area (Å²) in [6, 6.07) is 0.884. The van der Waals surface area contributed by atoms with Gasteiger partial charge in [-0.2, -0.15) is 0 Å². The van der Waals surface area contributed by atoms with Gasteiger partial charge in [-0.15, -0.1) is 0 Å². The fourth-order valence-electron chi connectivity index (χ4n) is 3.62. The molecule has 2 rings (SSSR count). The molecule has 21 heavy (non-hydrogen) atoms. The molecular formula is C17H33N3O. The number of likely N-dealkylation sites (tertiary alicyclic amines) is 2. The highest BCUT2D eigenvalue weighted by Gasteiger charge is 2.32. The zero-order valence-electron chi connectivity index (χ0n) is 14.1. The van der Waals surface area contributed by atoms with Crippen LogP contribution >= 0.6 is 0 Å². The van der Waals surface area contributed by atoms with E-state index in [0.29, 0.717) is 12.0 Å². The van der Waals surface area contributed by atoms with E-state index in [4.69, 9.17) is 0 Å². The molecule has 0 aromatic carbocycles. The molecule has 0 aromatic rings. The molecule has 0 aromatic heterocycles. The molecule has 0 bridgehead atoms. The monoisotopic (exact) mass is 295 g/mol. The van der Waals surface area contributed by atoms with Gasteiger partial charge in [0.2, 0.25) is 0 Å². The van der Waals surface area contributed by atoms with Crippen molar-refractivity contribution >= 4 is 6.03 Å². The molecule has 4 nitrogen and oxygen atoms in total. The Bertz CT molecular complexity index is 326. The normalized spacial score (nSPS) is 28.0. The minimum Gasteiger partial charge on any atom is -0.325 e. The Morgan fingerprint density at radius 1 is 1.10 bits per heavy atom. The van der Waals surface area contributed by atoms with Crippen molar-refractivity contribution in [2.24, 2.45) is 11.8 Å². The van der Waals surface area contributed by atoms with Crippen LogP contribution in [-0.4, -0.2) is 54.6 Å². The van der Waals surface area contributed by atoms with E-state index >= 15 is 0 Å². The maximum Gasteiger partial charge on any atom is 0.320 e. The van der Waals surface area contributed by atoms with E-state index in [1.807, 2.05) is 0 Å². The largest absolute Gasteiger partial charge is 0.325 e. The van der Waals surface area contributed by atoms with Gasteiger partial charge in [0.05, 0.1) is 0 Å². The Hall–Kier alpha value is -0.770. The average molecular weight is 295 g/mol. The van der Waals surface area contributed by atoms with Crippen molar-refractivity contribution in [2.45, 2.75) is 58.9 Å². The fraction of sp³-hybridized carbons (Fsp3) is 0.941. The molecule has 2 unspecified atom stereocenters. The Balaban J connectivity index is 1.86. The Morgan fingerprint density at radius 2 is 1.76 bits per heavy atom. The van der Waals surface area contributed by atoms with Crippen LogP contribution in [0.1, 0.15) is 52.9 Å². The lowest BCUT2D eigenvalue weighted by Crippen LogP contribution is -2.55. The zero-order valence-corrected chi connectivity index (χ0v) is 14.1. The Labute approximate surface area is 130 Å². The molecule has 2 fully saturated rings. The van der Waals surface area contributed by atoms with Crippen molar-refractivity contribution in [3.05, 3.63) is 0 Å². The summed E-state index contributed by atoms with van der Waals surface area (Å²) in [5.74, 6) is 1.39. The van der Waals surface area contributed by atoms with E-state index in [-0.39, 0.29) is 6.03 Å².